The molecule has 18 heavy (non-hydrogen) atoms. The number of rotatable bonds is 4. The van der Waals surface area contributed by atoms with Crippen molar-refractivity contribution >= 4 is 23.0 Å². The fourth-order valence-corrected chi connectivity index (χ4v) is 1.66. The number of anilines is 1. The first kappa shape index (κ1) is 12.3. The van der Waals surface area contributed by atoms with E-state index in [1.54, 1.807) is 0 Å². The van der Waals surface area contributed by atoms with Crippen LogP contribution in [0, 0.1) is 10.1 Å². The summed E-state index contributed by atoms with van der Waals surface area (Å²) >= 11 is 5.69. The molecule has 2 aromatic rings. The molecule has 0 saturated carbocycles. The number of hydrogen-bond donors (Lipinski definition) is 1. The van der Waals surface area contributed by atoms with E-state index in [1.165, 1.54) is 6.33 Å². The minimum absolute atomic E-state index is 0.153. The molecule has 0 aliphatic rings. The van der Waals surface area contributed by atoms with Crippen molar-refractivity contribution in [3.63, 3.8) is 0 Å². The quantitative estimate of drug-likeness (QED) is 0.522. The number of aromatic nitrogens is 2. The Morgan fingerprint density at radius 1 is 1.28 bits per heavy atom. The van der Waals surface area contributed by atoms with Crippen molar-refractivity contribution < 1.29 is 4.92 Å². The van der Waals surface area contributed by atoms with Crippen molar-refractivity contribution in [3.05, 3.63) is 57.6 Å². The highest BCUT2D eigenvalue weighted by Gasteiger charge is 2.20. The van der Waals surface area contributed by atoms with Crippen LogP contribution in [0.2, 0.25) is 5.15 Å². The van der Waals surface area contributed by atoms with Crippen molar-refractivity contribution in [3.8, 4) is 0 Å². The van der Waals surface area contributed by atoms with Gasteiger partial charge >= 0.3 is 5.69 Å². The van der Waals surface area contributed by atoms with Gasteiger partial charge < -0.3 is 5.32 Å². The van der Waals surface area contributed by atoms with E-state index in [1.807, 2.05) is 30.3 Å². The second-order valence-corrected chi connectivity index (χ2v) is 3.79. The number of nitro groups is 1. The van der Waals surface area contributed by atoms with Gasteiger partial charge in [0.1, 0.15) is 12.0 Å². The molecular formula is C11H9ClN4O2. The van der Waals surface area contributed by atoms with E-state index in [0.29, 0.717) is 0 Å². The predicted octanol–water partition coefficient (Wildman–Crippen LogP) is 2.65. The van der Waals surface area contributed by atoms with Gasteiger partial charge in [-0.2, -0.15) is 0 Å². The maximum absolute atomic E-state index is 10.9. The normalized spacial score (nSPS) is 10.1. The monoisotopic (exact) mass is 264 g/mol. The third-order valence-electron chi connectivity index (χ3n) is 2.27. The summed E-state index contributed by atoms with van der Waals surface area (Å²) in [5.74, 6) is 0. The van der Waals surface area contributed by atoms with E-state index in [9.17, 15) is 10.1 Å². The molecule has 6 nitrogen and oxygen atoms in total. The van der Waals surface area contributed by atoms with Gasteiger partial charge in [-0.1, -0.05) is 29.8 Å². The number of hydrogen-bond acceptors (Lipinski definition) is 5. The molecule has 1 aromatic carbocycles. The van der Waals surface area contributed by atoms with Gasteiger partial charge in [0, 0.05) is 5.69 Å². The smallest absolute Gasteiger partial charge is 0.329 e. The first-order valence-electron chi connectivity index (χ1n) is 5.11. The molecule has 0 spiro atoms. The van der Waals surface area contributed by atoms with Crippen LogP contribution in [0.3, 0.4) is 0 Å². The Balaban J connectivity index is 2.20. The van der Waals surface area contributed by atoms with E-state index in [0.717, 1.165) is 5.69 Å². The summed E-state index contributed by atoms with van der Waals surface area (Å²) in [6.45, 7) is 0.211. The highest BCUT2D eigenvalue weighted by Crippen LogP contribution is 2.24. The minimum Gasteiger partial charge on any atom is -0.379 e. The van der Waals surface area contributed by atoms with Gasteiger partial charge in [0.2, 0.25) is 5.15 Å². The fourth-order valence-electron chi connectivity index (χ4n) is 1.44. The van der Waals surface area contributed by atoms with E-state index >= 15 is 0 Å². The van der Waals surface area contributed by atoms with E-state index in [2.05, 4.69) is 15.3 Å². The van der Waals surface area contributed by atoms with Gasteiger partial charge in [-0.25, -0.2) is 9.97 Å². The van der Waals surface area contributed by atoms with Crippen molar-refractivity contribution in [2.24, 2.45) is 0 Å². The lowest BCUT2D eigenvalue weighted by Crippen LogP contribution is -2.06. The van der Waals surface area contributed by atoms with E-state index in [-0.39, 0.29) is 23.1 Å². The second-order valence-electron chi connectivity index (χ2n) is 3.44. The summed E-state index contributed by atoms with van der Waals surface area (Å²) in [6, 6.07) is 9.33. The van der Waals surface area contributed by atoms with Crippen LogP contribution in [0.25, 0.3) is 0 Å². The van der Waals surface area contributed by atoms with E-state index < -0.39 is 4.92 Å². The number of benzene rings is 1. The molecule has 0 amide bonds. The zero-order valence-electron chi connectivity index (χ0n) is 9.21. The molecular weight excluding hydrogens is 256 g/mol. The highest BCUT2D eigenvalue weighted by molar-refractivity contribution is 6.31. The molecule has 0 atom stereocenters. The largest absolute Gasteiger partial charge is 0.379 e. The van der Waals surface area contributed by atoms with E-state index in [4.69, 9.17) is 11.6 Å². The Bertz CT molecular complexity index is 562. The molecule has 92 valence electrons. The lowest BCUT2D eigenvalue weighted by molar-refractivity contribution is -0.386. The maximum atomic E-state index is 10.9. The van der Waals surface area contributed by atoms with Crippen LogP contribution in [0.1, 0.15) is 5.69 Å². The Labute approximate surface area is 108 Å². The van der Waals surface area contributed by atoms with Crippen LogP contribution in [-0.4, -0.2) is 14.9 Å². The second kappa shape index (κ2) is 5.42. The average Bonchev–Trinajstić information content (AvgIpc) is 2.37. The number of para-hydroxylation sites is 1. The lowest BCUT2D eigenvalue weighted by atomic mass is 10.3. The van der Waals surface area contributed by atoms with Gasteiger partial charge in [0.05, 0.1) is 11.5 Å². The zero-order chi connectivity index (χ0) is 13.0. The van der Waals surface area contributed by atoms with Crippen LogP contribution in [0.5, 0.6) is 0 Å². The lowest BCUT2D eigenvalue weighted by Gasteiger charge is -2.06. The van der Waals surface area contributed by atoms with Gasteiger partial charge in [0.25, 0.3) is 0 Å². The summed E-state index contributed by atoms with van der Waals surface area (Å²) in [5.41, 5.74) is 0.841. The summed E-state index contributed by atoms with van der Waals surface area (Å²) in [6.07, 6.45) is 1.21. The van der Waals surface area contributed by atoms with Gasteiger partial charge in [0.15, 0.2) is 0 Å². The summed E-state index contributed by atoms with van der Waals surface area (Å²) in [7, 11) is 0. The van der Waals surface area contributed by atoms with Crippen molar-refractivity contribution in [2.75, 3.05) is 5.32 Å². The molecule has 1 N–H and O–H groups in total. The van der Waals surface area contributed by atoms with Crippen molar-refractivity contribution in [1.82, 2.24) is 9.97 Å². The van der Waals surface area contributed by atoms with Gasteiger partial charge in [-0.3, -0.25) is 10.1 Å². The molecule has 0 saturated heterocycles. The number of nitrogens with zero attached hydrogens (tertiary/aromatic N) is 3. The van der Waals surface area contributed by atoms with Gasteiger partial charge in [-0.15, -0.1) is 0 Å². The van der Waals surface area contributed by atoms with Crippen LogP contribution >= 0.6 is 11.6 Å². The van der Waals surface area contributed by atoms with Gasteiger partial charge in [-0.05, 0) is 12.1 Å². The third-order valence-corrected chi connectivity index (χ3v) is 2.55. The first-order valence-corrected chi connectivity index (χ1v) is 5.49. The van der Waals surface area contributed by atoms with Crippen LogP contribution < -0.4 is 5.32 Å². The van der Waals surface area contributed by atoms with Crippen molar-refractivity contribution in [2.45, 2.75) is 6.54 Å². The molecule has 2 rings (SSSR count). The third kappa shape index (κ3) is 2.72. The minimum atomic E-state index is -0.579. The summed E-state index contributed by atoms with van der Waals surface area (Å²) in [5, 5.41) is 13.7. The van der Waals surface area contributed by atoms with Crippen LogP contribution in [-0.2, 0) is 6.54 Å². The maximum Gasteiger partial charge on any atom is 0.329 e. The standard InChI is InChI=1S/C11H9ClN4O2/c12-11-10(16(17)18)9(14-7-15-11)6-13-8-4-2-1-3-5-8/h1-5,7,13H,6H2. The average molecular weight is 265 g/mol. The predicted molar refractivity (Wildman–Crippen MR) is 67.5 cm³/mol. The SMILES string of the molecule is O=[N+]([O-])c1c(Cl)ncnc1CNc1ccccc1. The summed E-state index contributed by atoms with van der Waals surface area (Å²) in [4.78, 5) is 17.8. The Morgan fingerprint density at radius 2 is 2.00 bits per heavy atom. The molecule has 7 heteroatoms. The Hall–Kier alpha value is -2.21. The number of nitrogens with one attached hydrogen (secondary N) is 1. The molecule has 0 bridgehead atoms. The number of halogens is 1. The topological polar surface area (TPSA) is 81.0 Å². The summed E-state index contributed by atoms with van der Waals surface area (Å²) < 4.78 is 0. The first-order chi connectivity index (χ1) is 8.68. The zero-order valence-corrected chi connectivity index (χ0v) is 9.96. The molecule has 0 unspecified atom stereocenters. The molecule has 1 aromatic heterocycles. The fraction of sp³-hybridized carbons (Fsp3) is 0.0909. The molecule has 0 radical (unpaired) electrons. The Kier molecular flexibility index (Phi) is 3.69. The van der Waals surface area contributed by atoms with Crippen LogP contribution in [0.4, 0.5) is 11.4 Å². The Morgan fingerprint density at radius 3 is 2.67 bits per heavy atom. The molecule has 0 aliphatic heterocycles. The molecule has 0 aliphatic carbocycles. The van der Waals surface area contributed by atoms with Crippen molar-refractivity contribution in [1.29, 1.82) is 0 Å². The highest BCUT2D eigenvalue weighted by atomic mass is 35.5. The van der Waals surface area contributed by atoms with Crippen LogP contribution in [0.15, 0.2) is 36.7 Å². The molecule has 1 heterocycles. The molecule has 0 fully saturated rings.